The molecule has 0 heterocycles. The smallest absolute Gasteiger partial charge is 0.255 e. The number of hydrogen-bond acceptors (Lipinski definition) is 4. The lowest BCUT2D eigenvalue weighted by Crippen LogP contribution is -2.31. The number of unbranched alkanes of at least 4 members (excludes halogenated alkanes) is 1. The van der Waals surface area contributed by atoms with Gasteiger partial charge in [0.15, 0.2) is 0 Å². The second kappa shape index (κ2) is 10.9. The molecule has 2 aromatic carbocycles. The highest BCUT2D eigenvalue weighted by Gasteiger charge is 2.16. The van der Waals surface area contributed by atoms with Crippen molar-refractivity contribution < 1.29 is 18.0 Å². The summed E-state index contributed by atoms with van der Waals surface area (Å²) in [6.07, 6.45) is 2.94. The highest BCUT2D eigenvalue weighted by atomic mass is 32.2. The molecule has 0 radical (unpaired) electrons. The fourth-order valence-electron chi connectivity index (χ4n) is 2.60. The Morgan fingerprint density at radius 2 is 1.47 bits per heavy atom. The Morgan fingerprint density at radius 3 is 2.03 bits per heavy atom. The molecule has 2 rings (SSSR count). The molecule has 2 amide bonds. The molecule has 1 atom stereocenters. The van der Waals surface area contributed by atoms with E-state index in [1.807, 2.05) is 13.8 Å². The summed E-state index contributed by atoms with van der Waals surface area (Å²) in [6, 6.07) is 12.4. The zero-order chi connectivity index (χ0) is 22.1. The predicted octanol–water partition coefficient (Wildman–Crippen LogP) is 4.14. The Bertz CT molecular complexity index is 955. The van der Waals surface area contributed by atoms with Crippen LogP contribution in [0.25, 0.3) is 0 Å². The summed E-state index contributed by atoms with van der Waals surface area (Å²) in [6.45, 7) is 5.73. The number of carbonyl (C=O) groups is 2. The normalized spacial score (nSPS) is 12.2. The lowest BCUT2D eigenvalue weighted by Gasteiger charge is -2.12. The largest absolute Gasteiger partial charge is 0.326 e. The zero-order valence-corrected chi connectivity index (χ0v) is 18.4. The van der Waals surface area contributed by atoms with E-state index in [9.17, 15) is 18.0 Å². The average Bonchev–Trinajstić information content (AvgIpc) is 2.72. The first-order valence-corrected chi connectivity index (χ1v) is 11.6. The molecule has 0 aliphatic heterocycles. The van der Waals surface area contributed by atoms with Crippen molar-refractivity contribution in [1.82, 2.24) is 4.72 Å². The van der Waals surface area contributed by atoms with Gasteiger partial charge in [0.2, 0.25) is 15.9 Å². The summed E-state index contributed by atoms with van der Waals surface area (Å²) < 4.78 is 27.2. The molecule has 7 nitrogen and oxygen atoms in total. The van der Waals surface area contributed by atoms with Gasteiger partial charge in [-0.05, 0) is 68.3 Å². The lowest BCUT2D eigenvalue weighted by atomic mass is 10.1. The Balaban J connectivity index is 1.98. The maximum Gasteiger partial charge on any atom is 0.255 e. The molecule has 0 spiro atoms. The highest BCUT2D eigenvalue weighted by molar-refractivity contribution is 7.89. The molecule has 0 saturated heterocycles. The van der Waals surface area contributed by atoms with Crippen LogP contribution in [0, 0.1) is 0 Å². The molecular formula is C22H29N3O4S. The Labute approximate surface area is 178 Å². The van der Waals surface area contributed by atoms with Gasteiger partial charge in [-0.1, -0.05) is 20.3 Å². The van der Waals surface area contributed by atoms with Crippen LogP contribution in [-0.4, -0.2) is 26.3 Å². The van der Waals surface area contributed by atoms with Crippen LogP contribution < -0.4 is 15.4 Å². The molecule has 3 N–H and O–H groups in total. The average molecular weight is 432 g/mol. The van der Waals surface area contributed by atoms with Crippen molar-refractivity contribution in [1.29, 1.82) is 0 Å². The van der Waals surface area contributed by atoms with Gasteiger partial charge >= 0.3 is 0 Å². The predicted molar refractivity (Wildman–Crippen MR) is 119 cm³/mol. The third-order valence-electron chi connectivity index (χ3n) is 4.58. The molecule has 30 heavy (non-hydrogen) atoms. The second-order valence-electron chi connectivity index (χ2n) is 7.14. The van der Waals surface area contributed by atoms with Crippen LogP contribution in [0.4, 0.5) is 11.4 Å². The minimum Gasteiger partial charge on any atom is -0.326 e. The molecular weight excluding hydrogens is 402 g/mol. The molecule has 162 valence electrons. The van der Waals surface area contributed by atoms with Crippen LogP contribution in [0.2, 0.25) is 0 Å². The van der Waals surface area contributed by atoms with Crippen molar-refractivity contribution in [3.63, 3.8) is 0 Å². The molecule has 1 unspecified atom stereocenters. The summed E-state index contributed by atoms with van der Waals surface area (Å²) in [7, 11) is -3.59. The van der Waals surface area contributed by atoms with Gasteiger partial charge in [0.1, 0.15) is 0 Å². The van der Waals surface area contributed by atoms with E-state index >= 15 is 0 Å². The van der Waals surface area contributed by atoms with Gasteiger partial charge in [0.25, 0.3) is 5.91 Å². The second-order valence-corrected chi connectivity index (χ2v) is 8.85. The van der Waals surface area contributed by atoms with Crippen LogP contribution in [-0.2, 0) is 14.8 Å². The number of rotatable bonds is 10. The number of sulfonamides is 1. The monoisotopic (exact) mass is 431 g/mol. The standard InChI is InChI=1S/C22H29N3O4S/c1-4-6-7-21(26)23-18-10-8-17(9-11-18)22(27)24-19-12-14-20(15-13-19)30(28,29)25-16(3)5-2/h8-16,25H,4-7H2,1-3H3,(H,23,26)(H,24,27). The van der Waals surface area contributed by atoms with Gasteiger partial charge in [-0.25, -0.2) is 13.1 Å². The molecule has 0 bridgehead atoms. The highest BCUT2D eigenvalue weighted by Crippen LogP contribution is 2.17. The van der Waals surface area contributed by atoms with Crippen LogP contribution >= 0.6 is 0 Å². The van der Waals surface area contributed by atoms with E-state index in [0.29, 0.717) is 29.8 Å². The molecule has 0 aliphatic rings. The Kier molecular flexibility index (Phi) is 8.56. The van der Waals surface area contributed by atoms with E-state index < -0.39 is 10.0 Å². The number of benzene rings is 2. The van der Waals surface area contributed by atoms with E-state index in [4.69, 9.17) is 0 Å². The van der Waals surface area contributed by atoms with Crippen molar-refractivity contribution >= 4 is 33.2 Å². The SMILES string of the molecule is CCCCC(=O)Nc1ccc(C(=O)Nc2ccc(S(=O)(=O)NC(C)CC)cc2)cc1. The number of amides is 2. The minimum absolute atomic E-state index is 0.0492. The van der Waals surface area contributed by atoms with Crippen LogP contribution in [0.15, 0.2) is 53.4 Å². The van der Waals surface area contributed by atoms with Crippen molar-refractivity contribution in [3.05, 3.63) is 54.1 Å². The minimum atomic E-state index is -3.59. The van der Waals surface area contributed by atoms with Gasteiger partial charge in [-0.15, -0.1) is 0 Å². The first-order chi connectivity index (χ1) is 14.2. The van der Waals surface area contributed by atoms with Crippen molar-refractivity contribution in [2.75, 3.05) is 10.6 Å². The van der Waals surface area contributed by atoms with Crippen molar-refractivity contribution in [3.8, 4) is 0 Å². The first kappa shape index (κ1) is 23.6. The first-order valence-electron chi connectivity index (χ1n) is 10.1. The van der Waals surface area contributed by atoms with Gasteiger partial charge < -0.3 is 10.6 Å². The maximum atomic E-state index is 12.4. The molecule has 8 heteroatoms. The van der Waals surface area contributed by atoms with Gasteiger partial charge in [0, 0.05) is 29.4 Å². The fraction of sp³-hybridized carbons (Fsp3) is 0.364. The number of nitrogens with one attached hydrogen (secondary N) is 3. The van der Waals surface area contributed by atoms with Gasteiger partial charge in [-0.3, -0.25) is 9.59 Å². The zero-order valence-electron chi connectivity index (χ0n) is 17.6. The van der Waals surface area contributed by atoms with Crippen LogP contribution in [0.5, 0.6) is 0 Å². The maximum absolute atomic E-state index is 12.4. The van der Waals surface area contributed by atoms with E-state index in [1.54, 1.807) is 43.3 Å². The third-order valence-corrected chi connectivity index (χ3v) is 6.18. The Morgan fingerprint density at radius 1 is 0.900 bits per heavy atom. The fourth-order valence-corrected chi connectivity index (χ4v) is 3.93. The number of hydrogen-bond donors (Lipinski definition) is 3. The molecule has 0 saturated carbocycles. The van der Waals surface area contributed by atoms with E-state index in [-0.39, 0.29) is 22.8 Å². The molecule has 0 aromatic heterocycles. The van der Waals surface area contributed by atoms with E-state index in [0.717, 1.165) is 12.8 Å². The molecule has 0 fully saturated rings. The summed E-state index contributed by atoms with van der Waals surface area (Å²) in [5.74, 6) is -0.376. The Hall–Kier alpha value is -2.71. The lowest BCUT2D eigenvalue weighted by molar-refractivity contribution is -0.116. The van der Waals surface area contributed by atoms with Gasteiger partial charge in [0.05, 0.1) is 4.90 Å². The number of anilines is 2. The van der Waals surface area contributed by atoms with E-state index in [1.165, 1.54) is 12.1 Å². The van der Waals surface area contributed by atoms with Crippen LogP contribution in [0.3, 0.4) is 0 Å². The van der Waals surface area contributed by atoms with Gasteiger partial charge in [-0.2, -0.15) is 0 Å². The number of carbonyl (C=O) groups excluding carboxylic acids is 2. The summed E-state index contributed by atoms with van der Waals surface area (Å²) in [5, 5.41) is 5.53. The summed E-state index contributed by atoms with van der Waals surface area (Å²) in [5.41, 5.74) is 1.55. The van der Waals surface area contributed by atoms with Crippen molar-refractivity contribution in [2.24, 2.45) is 0 Å². The van der Waals surface area contributed by atoms with Crippen LogP contribution in [0.1, 0.15) is 56.8 Å². The molecule has 2 aromatic rings. The van der Waals surface area contributed by atoms with E-state index in [2.05, 4.69) is 15.4 Å². The quantitative estimate of drug-likeness (QED) is 0.526. The third kappa shape index (κ3) is 6.96. The van der Waals surface area contributed by atoms with Crippen molar-refractivity contribution in [2.45, 2.75) is 57.4 Å². The summed E-state index contributed by atoms with van der Waals surface area (Å²) >= 11 is 0. The molecule has 0 aliphatic carbocycles. The summed E-state index contributed by atoms with van der Waals surface area (Å²) in [4.78, 5) is 24.3. The topological polar surface area (TPSA) is 104 Å².